The lowest BCUT2D eigenvalue weighted by molar-refractivity contribution is -0.387. The van der Waals surface area contributed by atoms with Crippen LogP contribution in [0.5, 0.6) is 0 Å². The molecule has 8 heteroatoms. The molecule has 0 saturated heterocycles. The summed E-state index contributed by atoms with van der Waals surface area (Å²) in [6.45, 7) is 3.31. The van der Waals surface area contributed by atoms with E-state index in [1.165, 1.54) is 12.1 Å². The summed E-state index contributed by atoms with van der Waals surface area (Å²) in [5.41, 5.74) is -0.261. The molecule has 1 aromatic carbocycles. The Labute approximate surface area is 114 Å². The number of nitro groups is 1. The number of hydrogen-bond donors (Lipinski definition) is 1. The maximum Gasteiger partial charge on any atom is 0.305 e. The lowest BCUT2D eigenvalue weighted by atomic mass is 10.2. The van der Waals surface area contributed by atoms with Crippen molar-refractivity contribution in [3.05, 3.63) is 51.8 Å². The molecular formula is C12H14FN5O2. The van der Waals surface area contributed by atoms with E-state index >= 15 is 0 Å². The van der Waals surface area contributed by atoms with Crippen LogP contribution in [0.25, 0.3) is 0 Å². The topological polar surface area (TPSA) is 85.9 Å². The summed E-state index contributed by atoms with van der Waals surface area (Å²) < 4.78 is 15.7. The molecule has 0 amide bonds. The first-order chi connectivity index (χ1) is 9.63. The molecule has 1 aromatic heterocycles. The van der Waals surface area contributed by atoms with Crippen LogP contribution in [0, 0.1) is 15.9 Å². The van der Waals surface area contributed by atoms with Crippen molar-refractivity contribution in [1.82, 2.24) is 20.1 Å². The molecule has 1 N–H and O–H groups in total. The Morgan fingerprint density at radius 2 is 2.25 bits per heavy atom. The number of benzene rings is 1. The van der Waals surface area contributed by atoms with Gasteiger partial charge in [-0.2, -0.15) is 4.39 Å². The zero-order valence-electron chi connectivity index (χ0n) is 10.9. The lowest BCUT2D eigenvalue weighted by Crippen LogP contribution is -2.17. The molecule has 2 aromatic rings. The van der Waals surface area contributed by atoms with Crippen molar-refractivity contribution in [2.75, 3.05) is 0 Å². The molecule has 0 bridgehead atoms. The van der Waals surface area contributed by atoms with E-state index in [1.54, 1.807) is 6.33 Å². The van der Waals surface area contributed by atoms with E-state index in [0.717, 1.165) is 18.4 Å². The SMILES string of the molecule is CCn1cnnc1CNCc1cccc([N+](=O)[O-])c1F. The van der Waals surface area contributed by atoms with Crippen molar-refractivity contribution in [3.8, 4) is 0 Å². The zero-order chi connectivity index (χ0) is 14.5. The maximum absolute atomic E-state index is 13.8. The van der Waals surface area contributed by atoms with E-state index in [1.807, 2.05) is 11.5 Å². The van der Waals surface area contributed by atoms with Crippen molar-refractivity contribution in [3.63, 3.8) is 0 Å². The van der Waals surface area contributed by atoms with Crippen molar-refractivity contribution in [1.29, 1.82) is 0 Å². The second kappa shape index (κ2) is 6.20. The number of hydrogen-bond acceptors (Lipinski definition) is 5. The fraction of sp³-hybridized carbons (Fsp3) is 0.333. The number of nitro benzene ring substituents is 1. The van der Waals surface area contributed by atoms with Crippen molar-refractivity contribution < 1.29 is 9.31 Å². The summed E-state index contributed by atoms with van der Waals surface area (Å²) in [6, 6.07) is 4.12. The van der Waals surface area contributed by atoms with Crippen LogP contribution in [0.3, 0.4) is 0 Å². The molecule has 106 valence electrons. The molecular weight excluding hydrogens is 265 g/mol. The van der Waals surface area contributed by atoms with E-state index in [9.17, 15) is 14.5 Å². The summed E-state index contributed by atoms with van der Waals surface area (Å²) in [4.78, 5) is 9.91. The largest absolute Gasteiger partial charge is 0.317 e. The molecule has 0 saturated carbocycles. The second-order valence-electron chi connectivity index (χ2n) is 4.14. The van der Waals surface area contributed by atoms with Gasteiger partial charge in [-0.3, -0.25) is 10.1 Å². The van der Waals surface area contributed by atoms with Gasteiger partial charge in [-0.25, -0.2) is 0 Å². The molecule has 2 rings (SSSR count). The Balaban J connectivity index is 2.01. The van der Waals surface area contributed by atoms with Gasteiger partial charge in [0.2, 0.25) is 5.82 Å². The number of aromatic nitrogens is 3. The van der Waals surface area contributed by atoms with Crippen molar-refractivity contribution >= 4 is 5.69 Å². The average molecular weight is 279 g/mol. The van der Waals surface area contributed by atoms with Crippen LogP contribution in [0.1, 0.15) is 18.3 Å². The Kier molecular flexibility index (Phi) is 4.36. The minimum absolute atomic E-state index is 0.185. The van der Waals surface area contributed by atoms with Gasteiger partial charge in [-0.1, -0.05) is 12.1 Å². The Morgan fingerprint density at radius 3 is 2.95 bits per heavy atom. The van der Waals surface area contributed by atoms with Gasteiger partial charge < -0.3 is 9.88 Å². The average Bonchev–Trinajstić information content (AvgIpc) is 2.88. The molecule has 7 nitrogen and oxygen atoms in total. The highest BCUT2D eigenvalue weighted by Gasteiger charge is 2.16. The van der Waals surface area contributed by atoms with Gasteiger partial charge in [-0.15, -0.1) is 10.2 Å². The molecule has 0 spiro atoms. The van der Waals surface area contributed by atoms with Gasteiger partial charge in [0.25, 0.3) is 0 Å². The molecule has 0 fully saturated rings. The summed E-state index contributed by atoms with van der Waals surface area (Å²) in [5, 5.41) is 21.4. The number of aryl methyl sites for hydroxylation is 1. The predicted octanol–water partition coefficient (Wildman–Crippen LogP) is 1.64. The van der Waals surface area contributed by atoms with E-state index in [-0.39, 0.29) is 12.1 Å². The van der Waals surface area contributed by atoms with Crippen LogP contribution in [0.15, 0.2) is 24.5 Å². The highest BCUT2D eigenvalue weighted by atomic mass is 19.1. The first-order valence-electron chi connectivity index (χ1n) is 6.12. The third-order valence-electron chi connectivity index (χ3n) is 2.89. The molecule has 0 aliphatic carbocycles. The van der Waals surface area contributed by atoms with Crippen LogP contribution in [-0.2, 0) is 19.6 Å². The van der Waals surface area contributed by atoms with Crippen LogP contribution >= 0.6 is 0 Å². The summed E-state index contributed by atoms with van der Waals surface area (Å²) in [6.07, 6.45) is 1.62. The lowest BCUT2D eigenvalue weighted by Gasteiger charge is -2.06. The Hall–Kier alpha value is -2.35. The van der Waals surface area contributed by atoms with Gasteiger partial charge in [0.05, 0.1) is 11.5 Å². The van der Waals surface area contributed by atoms with Gasteiger partial charge in [0.15, 0.2) is 0 Å². The second-order valence-corrected chi connectivity index (χ2v) is 4.14. The molecule has 0 aliphatic rings. The summed E-state index contributed by atoms with van der Waals surface area (Å²) >= 11 is 0. The molecule has 1 heterocycles. The maximum atomic E-state index is 13.8. The number of halogens is 1. The predicted molar refractivity (Wildman–Crippen MR) is 69.3 cm³/mol. The minimum Gasteiger partial charge on any atom is -0.317 e. The number of nitrogens with one attached hydrogen (secondary N) is 1. The van der Waals surface area contributed by atoms with Crippen LogP contribution in [0.2, 0.25) is 0 Å². The standard InChI is InChI=1S/C12H14FN5O2/c1-2-17-8-15-16-11(17)7-14-6-9-4-3-5-10(12(9)13)18(19)20/h3-5,8,14H,2,6-7H2,1H3. The van der Waals surface area contributed by atoms with E-state index in [0.29, 0.717) is 6.54 Å². The zero-order valence-corrected chi connectivity index (χ0v) is 10.9. The van der Waals surface area contributed by atoms with E-state index < -0.39 is 16.4 Å². The highest BCUT2D eigenvalue weighted by Crippen LogP contribution is 2.19. The smallest absolute Gasteiger partial charge is 0.305 e. The van der Waals surface area contributed by atoms with Crippen LogP contribution < -0.4 is 5.32 Å². The van der Waals surface area contributed by atoms with Gasteiger partial charge >= 0.3 is 5.69 Å². The number of nitrogens with zero attached hydrogens (tertiary/aromatic N) is 4. The molecule has 0 atom stereocenters. The molecule has 0 unspecified atom stereocenters. The third-order valence-corrected chi connectivity index (χ3v) is 2.89. The first kappa shape index (κ1) is 14.1. The summed E-state index contributed by atoms with van der Waals surface area (Å²) in [7, 11) is 0. The van der Waals surface area contributed by atoms with E-state index in [4.69, 9.17) is 0 Å². The van der Waals surface area contributed by atoms with Crippen molar-refractivity contribution in [2.45, 2.75) is 26.6 Å². The van der Waals surface area contributed by atoms with Crippen LogP contribution in [-0.4, -0.2) is 19.7 Å². The van der Waals surface area contributed by atoms with Crippen molar-refractivity contribution in [2.24, 2.45) is 0 Å². The fourth-order valence-electron chi connectivity index (χ4n) is 1.83. The Morgan fingerprint density at radius 1 is 1.45 bits per heavy atom. The van der Waals surface area contributed by atoms with Gasteiger partial charge in [0, 0.05) is 24.7 Å². The third kappa shape index (κ3) is 2.97. The molecule has 20 heavy (non-hydrogen) atoms. The molecule has 0 aliphatic heterocycles. The minimum atomic E-state index is -0.804. The highest BCUT2D eigenvalue weighted by molar-refractivity contribution is 5.36. The quantitative estimate of drug-likeness (QED) is 0.641. The first-order valence-corrected chi connectivity index (χ1v) is 6.12. The Bertz CT molecular complexity index is 614. The van der Waals surface area contributed by atoms with Crippen LogP contribution in [0.4, 0.5) is 10.1 Å². The van der Waals surface area contributed by atoms with E-state index in [2.05, 4.69) is 15.5 Å². The monoisotopic (exact) mass is 279 g/mol. The summed E-state index contributed by atoms with van der Waals surface area (Å²) in [5.74, 6) is -0.0692. The normalized spacial score (nSPS) is 10.7. The van der Waals surface area contributed by atoms with Gasteiger partial charge in [0.1, 0.15) is 12.2 Å². The number of rotatable bonds is 6. The molecule has 0 radical (unpaired) electrons. The fourth-order valence-corrected chi connectivity index (χ4v) is 1.83. The van der Waals surface area contributed by atoms with Gasteiger partial charge in [-0.05, 0) is 6.92 Å².